The summed E-state index contributed by atoms with van der Waals surface area (Å²) in [5.41, 5.74) is 0.345. The van der Waals surface area contributed by atoms with Gasteiger partial charge in [0, 0.05) is 31.7 Å². The summed E-state index contributed by atoms with van der Waals surface area (Å²) in [5.74, 6) is -0.233. The van der Waals surface area contributed by atoms with E-state index in [9.17, 15) is 9.59 Å². The van der Waals surface area contributed by atoms with E-state index in [1.165, 1.54) is 18.0 Å². The van der Waals surface area contributed by atoms with Gasteiger partial charge in [-0.05, 0) is 12.5 Å². The molecule has 1 rings (SSSR count). The van der Waals surface area contributed by atoms with E-state index in [0.717, 1.165) is 6.42 Å². The number of carbonyl (C=O) groups excluding carboxylic acids is 1. The molecule has 0 aliphatic heterocycles. The number of hydrogen-bond acceptors (Lipinski definition) is 5. The lowest BCUT2D eigenvalue weighted by molar-refractivity contribution is -0.143. The second-order valence-electron chi connectivity index (χ2n) is 3.80. The molecule has 0 bridgehead atoms. The Labute approximate surface area is 106 Å². The molecule has 0 N–H and O–H groups in total. The van der Waals surface area contributed by atoms with Crippen molar-refractivity contribution < 1.29 is 14.3 Å². The first-order valence-electron chi connectivity index (χ1n) is 5.88. The van der Waals surface area contributed by atoms with Gasteiger partial charge >= 0.3 is 5.97 Å². The minimum absolute atomic E-state index is 0.113. The molecule has 0 atom stereocenters. The quantitative estimate of drug-likeness (QED) is 0.671. The van der Waals surface area contributed by atoms with Gasteiger partial charge in [0.05, 0.1) is 6.61 Å². The molecule has 0 spiro atoms. The topological polar surface area (TPSA) is 70.4 Å². The van der Waals surface area contributed by atoms with Gasteiger partial charge in [-0.2, -0.15) is 5.10 Å². The van der Waals surface area contributed by atoms with Gasteiger partial charge in [-0.3, -0.25) is 9.59 Å². The number of methoxy groups -OCH3 is 1. The molecule has 0 aliphatic carbocycles. The van der Waals surface area contributed by atoms with E-state index in [4.69, 9.17) is 9.47 Å². The van der Waals surface area contributed by atoms with Crippen LogP contribution in [0.15, 0.2) is 17.1 Å². The Hall–Kier alpha value is -1.69. The van der Waals surface area contributed by atoms with E-state index in [0.29, 0.717) is 18.4 Å². The maximum absolute atomic E-state index is 11.8. The fourth-order valence-electron chi connectivity index (χ4n) is 1.45. The summed E-state index contributed by atoms with van der Waals surface area (Å²) in [4.78, 5) is 23.0. The maximum atomic E-state index is 11.8. The molecule has 1 aromatic rings. The first kappa shape index (κ1) is 14.4. The number of carbonyl (C=O) groups is 1. The van der Waals surface area contributed by atoms with Gasteiger partial charge in [-0.1, -0.05) is 6.92 Å². The van der Waals surface area contributed by atoms with Crippen LogP contribution in [0.25, 0.3) is 0 Å². The Morgan fingerprint density at radius 2 is 2.28 bits per heavy atom. The van der Waals surface area contributed by atoms with Gasteiger partial charge in [0.25, 0.3) is 5.56 Å². The Kier molecular flexibility index (Phi) is 6.07. The Bertz CT molecular complexity index is 442. The Morgan fingerprint density at radius 3 is 2.94 bits per heavy atom. The van der Waals surface area contributed by atoms with Crippen molar-refractivity contribution in [1.29, 1.82) is 0 Å². The summed E-state index contributed by atoms with van der Waals surface area (Å²) in [6.45, 7) is 2.24. The van der Waals surface area contributed by atoms with Crippen LogP contribution in [-0.2, 0) is 27.4 Å². The highest BCUT2D eigenvalue weighted by Gasteiger charge is 2.06. The highest BCUT2D eigenvalue weighted by Crippen LogP contribution is 1.96. The van der Waals surface area contributed by atoms with Crippen molar-refractivity contribution in [2.24, 2.45) is 0 Å². The Balaban J connectivity index is 2.55. The van der Waals surface area contributed by atoms with E-state index < -0.39 is 0 Å². The second kappa shape index (κ2) is 7.60. The average Bonchev–Trinajstić information content (AvgIpc) is 2.34. The summed E-state index contributed by atoms with van der Waals surface area (Å²) in [6, 6.07) is 1.63. The maximum Gasteiger partial charge on any atom is 0.305 e. The van der Waals surface area contributed by atoms with Crippen molar-refractivity contribution in [2.75, 3.05) is 13.7 Å². The predicted molar refractivity (Wildman–Crippen MR) is 65.1 cm³/mol. The highest BCUT2D eigenvalue weighted by atomic mass is 16.5. The van der Waals surface area contributed by atoms with Crippen LogP contribution in [0.4, 0.5) is 0 Å². The monoisotopic (exact) mass is 254 g/mol. The summed E-state index contributed by atoms with van der Waals surface area (Å²) in [6.07, 6.45) is 3.09. The third-order valence-corrected chi connectivity index (χ3v) is 2.33. The SMILES string of the molecule is CCCC(=O)OCCc1ccnn(COC)c1=O. The van der Waals surface area contributed by atoms with Gasteiger partial charge in [0.2, 0.25) is 0 Å². The summed E-state index contributed by atoms with van der Waals surface area (Å²) >= 11 is 0. The average molecular weight is 254 g/mol. The van der Waals surface area contributed by atoms with Crippen molar-refractivity contribution in [3.05, 3.63) is 28.2 Å². The second-order valence-corrected chi connectivity index (χ2v) is 3.80. The van der Waals surface area contributed by atoms with Crippen molar-refractivity contribution in [3.63, 3.8) is 0 Å². The van der Waals surface area contributed by atoms with Crippen molar-refractivity contribution in [3.8, 4) is 0 Å². The normalized spacial score (nSPS) is 10.3. The molecule has 0 amide bonds. The van der Waals surface area contributed by atoms with Crippen molar-refractivity contribution in [1.82, 2.24) is 9.78 Å². The summed E-state index contributed by atoms with van der Waals surface area (Å²) in [7, 11) is 1.49. The van der Waals surface area contributed by atoms with Gasteiger partial charge in [0.15, 0.2) is 0 Å². The fraction of sp³-hybridized carbons (Fsp3) is 0.583. The van der Waals surface area contributed by atoms with E-state index in [1.807, 2.05) is 6.92 Å². The molecule has 0 aromatic carbocycles. The lowest BCUT2D eigenvalue weighted by atomic mass is 10.2. The lowest BCUT2D eigenvalue weighted by Gasteiger charge is -2.06. The zero-order valence-corrected chi connectivity index (χ0v) is 10.7. The first-order valence-corrected chi connectivity index (χ1v) is 5.88. The number of esters is 1. The molecule has 0 aliphatic rings. The molecule has 1 aromatic heterocycles. The molecule has 0 saturated heterocycles. The number of nitrogens with zero attached hydrogens (tertiary/aromatic N) is 2. The molecule has 0 saturated carbocycles. The van der Waals surface area contributed by atoms with Crippen LogP contribution in [0.3, 0.4) is 0 Å². The largest absolute Gasteiger partial charge is 0.465 e. The molecule has 0 unspecified atom stereocenters. The van der Waals surface area contributed by atoms with Crippen LogP contribution in [0.1, 0.15) is 25.3 Å². The molecule has 0 radical (unpaired) electrons. The smallest absolute Gasteiger partial charge is 0.305 e. The molecule has 0 fully saturated rings. The number of rotatable bonds is 7. The molecule has 1 heterocycles. The predicted octanol–water partition coefficient (Wildman–Crippen LogP) is 0.733. The highest BCUT2D eigenvalue weighted by molar-refractivity contribution is 5.69. The molecule has 18 heavy (non-hydrogen) atoms. The van der Waals surface area contributed by atoms with Gasteiger partial charge in [-0.15, -0.1) is 0 Å². The lowest BCUT2D eigenvalue weighted by Crippen LogP contribution is -2.27. The molecule has 100 valence electrons. The minimum Gasteiger partial charge on any atom is -0.465 e. The first-order chi connectivity index (χ1) is 8.69. The zero-order valence-electron chi connectivity index (χ0n) is 10.7. The Morgan fingerprint density at radius 1 is 1.50 bits per heavy atom. The van der Waals surface area contributed by atoms with E-state index in [2.05, 4.69) is 5.10 Å². The van der Waals surface area contributed by atoms with Crippen LogP contribution in [-0.4, -0.2) is 29.5 Å². The van der Waals surface area contributed by atoms with E-state index in [1.54, 1.807) is 6.07 Å². The zero-order chi connectivity index (χ0) is 13.4. The van der Waals surface area contributed by atoms with Gasteiger partial charge in [-0.25, -0.2) is 4.68 Å². The molecule has 6 heteroatoms. The number of hydrogen-bond donors (Lipinski definition) is 0. The van der Waals surface area contributed by atoms with Crippen molar-refractivity contribution in [2.45, 2.75) is 32.9 Å². The van der Waals surface area contributed by atoms with Crippen LogP contribution in [0, 0.1) is 0 Å². The third-order valence-electron chi connectivity index (χ3n) is 2.33. The summed E-state index contributed by atoms with van der Waals surface area (Å²) < 4.78 is 11.1. The number of ether oxygens (including phenoxy) is 2. The van der Waals surface area contributed by atoms with Crippen LogP contribution < -0.4 is 5.56 Å². The number of aromatic nitrogens is 2. The van der Waals surface area contributed by atoms with Crippen LogP contribution >= 0.6 is 0 Å². The summed E-state index contributed by atoms with van der Waals surface area (Å²) in [5, 5.41) is 3.87. The van der Waals surface area contributed by atoms with Crippen LogP contribution in [0.5, 0.6) is 0 Å². The fourth-order valence-corrected chi connectivity index (χ4v) is 1.45. The van der Waals surface area contributed by atoms with Crippen molar-refractivity contribution >= 4 is 5.97 Å². The van der Waals surface area contributed by atoms with Gasteiger partial charge in [0.1, 0.15) is 6.73 Å². The minimum atomic E-state index is -0.233. The molecular weight excluding hydrogens is 236 g/mol. The van der Waals surface area contributed by atoms with E-state index in [-0.39, 0.29) is 24.9 Å². The third kappa shape index (κ3) is 4.29. The molecule has 6 nitrogen and oxygen atoms in total. The van der Waals surface area contributed by atoms with Crippen LogP contribution in [0.2, 0.25) is 0 Å². The molecular formula is C12H18N2O4. The van der Waals surface area contributed by atoms with E-state index >= 15 is 0 Å². The standard InChI is InChI=1S/C12H18N2O4/c1-3-4-11(15)18-8-6-10-5-7-13-14(9-17-2)12(10)16/h5,7H,3-4,6,8-9H2,1-2H3. The van der Waals surface area contributed by atoms with Gasteiger partial charge < -0.3 is 9.47 Å².